The van der Waals surface area contributed by atoms with Gasteiger partial charge in [-0.25, -0.2) is 0 Å². The van der Waals surface area contributed by atoms with Gasteiger partial charge in [-0.15, -0.1) is 0 Å². The maximum Gasteiger partial charge on any atom is 0.130 e. The molecule has 1 aromatic rings. The molecule has 4 nitrogen and oxygen atoms in total. The summed E-state index contributed by atoms with van der Waals surface area (Å²) >= 11 is 0. The highest BCUT2D eigenvalue weighted by atomic mass is 16.6. The van der Waals surface area contributed by atoms with Crippen molar-refractivity contribution >= 4 is 5.71 Å². The lowest BCUT2D eigenvalue weighted by atomic mass is 9.97. The molecule has 1 unspecified atom stereocenters. The number of hydrogen-bond acceptors (Lipinski definition) is 4. The Bertz CT molecular complexity index is 503. The van der Waals surface area contributed by atoms with Crippen LogP contribution in [0.5, 0.6) is 5.75 Å². The second kappa shape index (κ2) is 5.09. The van der Waals surface area contributed by atoms with Crippen molar-refractivity contribution in [3.8, 4) is 5.75 Å². The molecule has 0 radical (unpaired) electrons. The lowest BCUT2D eigenvalue weighted by Gasteiger charge is -2.27. The smallest absolute Gasteiger partial charge is 0.130 e. The van der Waals surface area contributed by atoms with E-state index < -0.39 is 0 Å². The van der Waals surface area contributed by atoms with Gasteiger partial charge in [-0.05, 0) is 64.4 Å². The van der Waals surface area contributed by atoms with Gasteiger partial charge in [0.25, 0.3) is 0 Å². The fourth-order valence-electron chi connectivity index (χ4n) is 2.69. The Hall–Kier alpha value is -1.55. The Labute approximate surface area is 120 Å². The van der Waals surface area contributed by atoms with Crippen LogP contribution in [0, 0.1) is 0 Å². The average Bonchev–Trinajstić information content (AvgIpc) is 2.57. The molecule has 1 aromatic carbocycles. The maximum absolute atomic E-state index is 8.75. The zero-order valence-corrected chi connectivity index (χ0v) is 12.8. The molecule has 0 amide bonds. The molecule has 1 atom stereocenters. The third-order valence-electron chi connectivity index (χ3n) is 3.69. The van der Waals surface area contributed by atoms with E-state index >= 15 is 0 Å². The highest BCUT2D eigenvalue weighted by Crippen LogP contribution is 2.39. The van der Waals surface area contributed by atoms with E-state index in [9.17, 15) is 0 Å². The highest BCUT2D eigenvalue weighted by molar-refractivity contribution is 5.98. The molecule has 1 saturated heterocycles. The SMILES string of the molecule is C/C(=N/O)c1ccc(OC2CC(C)(C)OC2(C)C)cc1. The van der Waals surface area contributed by atoms with Gasteiger partial charge in [-0.3, -0.25) is 0 Å². The molecule has 1 heterocycles. The zero-order valence-electron chi connectivity index (χ0n) is 12.8. The summed E-state index contributed by atoms with van der Waals surface area (Å²) in [5.41, 5.74) is 1.00. The van der Waals surface area contributed by atoms with E-state index in [2.05, 4.69) is 32.9 Å². The summed E-state index contributed by atoms with van der Waals surface area (Å²) in [6.45, 7) is 10.0. The van der Waals surface area contributed by atoms with Crippen LogP contribution in [0.3, 0.4) is 0 Å². The van der Waals surface area contributed by atoms with E-state index in [-0.39, 0.29) is 17.3 Å². The molecule has 20 heavy (non-hydrogen) atoms. The Morgan fingerprint density at radius 1 is 1.25 bits per heavy atom. The van der Waals surface area contributed by atoms with E-state index in [1.54, 1.807) is 6.92 Å². The summed E-state index contributed by atoms with van der Waals surface area (Å²) in [4.78, 5) is 0. The number of ether oxygens (including phenoxy) is 2. The van der Waals surface area contributed by atoms with Crippen LogP contribution in [0.15, 0.2) is 29.4 Å². The number of benzene rings is 1. The number of nitrogens with zero attached hydrogens (tertiary/aromatic N) is 1. The molecule has 1 fully saturated rings. The number of rotatable bonds is 3. The van der Waals surface area contributed by atoms with Gasteiger partial charge in [-0.2, -0.15) is 0 Å². The summed E-state index contributed by atoms with van der Waals surface area (Å²) in [7, 11) is 0. The van der Waals surface area contributed by atoms with Gasteiger partial charge in [0.1, 0.15) is 17.5 Å². The minimum Gasteiger partial charge on any atom is -0.487 e. The monoisotopic (exact) mass is 277 g/mol. The van der Waals surface area contributed by atoms with Crippen molar-refractivity contribution in [3.05, 3.63) is 29.8 Å². The normalized spacial score (nSPS) is 24.6. The van der Waals surface area contributed by atoms with Crippen molar-refractivity contribution in [3.63, 3.8) is 0 Å². The molecule has 110 valence electrons. The first-order valence-electron chi connectivity index (χ1n) is 6.89. The van der Waals surface area contributed by atoms with Crippen LogP contribution in [0.1, 0.15) is 46.6 Å². The Balaban J connectivity index is 2.11. The molecule has 0 bridgehead atoms. The van der Waals surface area contributed by atoms with Crippen LogP contribution < -0.4 is 4.74 Å². The van der Waals surface area contributed by atoms with Crippen molar-refractivity contribution in [1.82, 2.24) is 0 Å². The third kappa shape index (κ3) is 3.12. The molecule has 0 saturated carbocycles. The van der Waals surface area contributed by atoms with Crippen molar-refractivity contribution < 1.29 is 14.7 Å². The van der Waals surface area contributed by atoms with Gasteiger partial charge in [-0.1, -0.05) is 5.16 Å². The first-order valence-corrected chi connectivity index (χ1v) is 6.89. The van der Waals surface area contributed by atoms with Crippen LogP contribution in [-0.2, 0) is 4.74 Å². The first kappa shape index (κ1) is 14.9. The Kier molecular flexibility index (Phi) is 3.78. The van der Waals surface area contributed by atoms with Crippen LogP contribution in [-0.4, -0.2) is 28.2 Å². The standard InChI is InChI=1S/C16H23NO3/c1-11(17-18)12-6-8-13(9-7-12)19-14-10-15(2,3)20-16(14,4)5/h6-9,14,18H,10H2,1-5H3/b17-11-. The van der Waals surface area contributed by atoms with Gasteiger partial charge >= 0.3 is 0 Å². The topological polar surface area (TPSA) is 51.1 Å². The fraction of sp³-hybridized carbons (Fsp3) is 0.562. The third-order valence-corrected chi connectivity index (χ3v) is 3.69. The van der Waals surface area contributed by atoms with Gasteiger partial charge in [0, 0.05) is 6.42 Å². The van der Waals surface area contributed by atoms with Gasteiger partial charge < -0.3 is 14.7 Å². The zero-order chi connectivity index (χ0) is 15.0. The lowest BCUT2D eigenvalue weighted by molar-refractivity contribution is -0.0846. The lowest BCUT2D eigenvalue weighted by Crippen LogP contribution is -2.36. The minimum atomic E-state index is -0.301. The van der Waals surface area contributed by atoms with Crippen LogP contribution >= 0.6 is 0 Å². The molecular weight excluding hydrogens is 254 g/mol. The van der Waals surface area contributed by atoms with E-state index in [0.29, 0.717) is 5.71 Å². The van der Waals surface area contributed by atoms with Crippen molar-refractivity contribution in [2.75, 3.05) is 0 Å². The minimum absolute atomic E-state index is 0.0240. The van der Waals surface area contributed by atoms with E-state index in [1.807, 2.05) is 24.3 Å². The quantitative estimate of drug-likeness (QED) is 0.521. The molecule has 2 rings (SSSR count). The molecule has 1 N–H and O–H groups in total. The summed E-state index contributed by atoms with van der Waals surface area (Å²) < 4.78 is 12.1. The molecule has 0 aromatic heterocycles. The largest absolute Gasteiger partial charge is 0.487 e. The highest BCUT2D eigenvalue weighted by Gasteiger charge is 2.47. The molecule has 1 aliphatic rings. The number of oxime groups is 1. The molecule has 1 aliphatic heterocycles. The number of hydrogen-bond donors (Lipinski definition) is 1. The van der Waals surface area contributed by atoms with Gasteiger partial charge in [0.05, 0.1) is 11.3 Å². The van der Waals surface area contributed by atoms with Crippen LogP contribution in [0.25, 0.3) is 0 Å². The van der Waals surface area contributed by atoms with E-state index in [4.69, 9.17) is 14.7 Å². The Morgan fingerprint density at radius 2 is 1.85 bits per heavy atom. The van der Waals surface area contributed by atoms with Gasteiger partial charge in [0.2, 0.25) is 0 Å². The summed E-state index contributed by atoms with van der Waals surface area (Å²) in [5.74, 6) is 0.805. The van der Waals surface area contributed by atoms with Crippen LogP contribution in [0.4, 0.5) is 0 Å². The maximum atomic E-state index is 8.75. The predicted molar refractivity (Wildman–Crippen MR) is 78.7 cm³/mol. The Morgan fingerprint density at radius 3 is 2.30 bits per heavy atom. The summed E-state index contributed by atoms with van der Waals surface area (Å²) in [5, 5.41) is 11.9. The van der Waals surface area contributed by atoms with Gasteiger partial charge in [0.15, 0.2) is 0 Å². The van der Waals surface area contributed by atoms with Crippen molar-refractivity contribution in [1.29, 1.82) is 0 Å². The fourth-order valence-corrected chi connectivity index (χ4v) is 2.69. The van der Waals surface area contributed by atoms with Crippen LogP contribution in [0.2, 0.25) is 0 Å². The second-order valence-corrected chi connectivity index (χ2v) is 6.49. The first-order chi connectivity index (χ1) is 9.23. The van der Waals surface area contributed by atoms with E-state index in [1.165, 1.54) is 0 Å². The van der Waals surface area contributed by atoms with Crippen molar-refractivity contribution in [2.45, 2.75) is 58.3 Å². The molecule has 0 aliphatic carbocycles. The summed E-state index contributed by atoms with van der Waals surface area (Å²) in [6.07, 6.45) is 0.884. The molecule has 4 heteroatoms. The second-order valence-electron chi connectivity index (χ2n) is 6.49. The predicted octanol–water partition coefficient (Wildman–Crippen LogP) is 3.61. The average molecular weight is 277 g/mol. The van der Waals surface area contributed by atoms with E-state index in [0.717, 1.165) is 17.7 Å². The van der Waals surface area contributed by atoms with Crippen molar-refractivity contribution in [2.24, 2.45) is 5.16 Å². The molecular formula is C16H23NO3. The summed E-state index contributed by atoms with van der Waals surface area (Å²) in [6, 6.07) is 7.56. The molecule has 0 spiro atoms.